The number of nitrogens with one attached hydrogen (secondary N) is 1. The Morgan fingerprint density at radius 3 is 2.52 bits per heavy atom. The molecule has 1 aliphatic heterocycles. The van der Waals surface area contributed by atoms with Crippen LogP contribution in [-0.4, -0.2) is 23.2 Å². The van der Waals surface area contributed by atoms with Crippen LogP contribution < -0.4 is 5.32 Å². The summed E-state index contributed by atoms with van der Waals surface area (Å²) in [5.41, 5.74) is 3.77. The highest BCUT2D eigenvalue weighted by atomic mass is 32.2. The van der Waals surface area contributed by atoms with E-state index in [-0.39, 0.29) is 17.3 Å². The van der Waals surface area contributed by atoms with Crippen LogP contribution in [0.3, 0.4) is 0 Å². The van der Waals surface area contributed by atoms with Gasteiger partial charge in [-0.05, 0) is 60.9 Å². The summed E-state index contributed by atoms with van der Waals surface area (Å²) >= 11 is 0.912. The van der Waals surface area contributed by atoms with Crippen molar-refractivity contribution in [2.45, 2.75) is 25.9 Å². The van der Waals surface area contributed by atoms with Gasteiger partial charge in [-0.2, -0.15) is 0 Å². The van der Waals surface area contributed by atoms with Crippen LogP contribution in [0, 0.1) is 6.92 Å². The van der Waals surface area contributed by atoms with E-state index < -0.39 is 0 Å². The molecule has 2 amide bonds. The first-order valence-electron chi connectivity index (χ1n) is 9.93. The molecule has 1 atom stereocenters. The smallest absolute Gasteiger partial charge is 0.290 e. The van der Waals surface area contributed by atoms with Gasteiger partial charge in [0.05, 0.1) is 16.7 Å². The maximum atomic E-state index is 11.7. The van der Waals surface area contributed by atoms with E-state index in [4.69, 9.17) is 9.15 Å². The van der Waals surface area contributed by atoms with E-state index in [0.29, 0.717) is 10.8 Å². The van der Waals surface area contributed by atoms with Gasteiger partial charge < -0.3 is 9.15 Å². The molecule has 0 radical (unpaired) electrons. The monoisotopic (exact) mass is 434 g/mol. The molecule has 4 rings (SSSR count). The molecule has 1 N–H and O–H groups in total. The van der Waals surface area contributed by atoms with Gasteiger partial charge in [0.15, 0.2) is 0 Å². The van der Waals surface area contributed by atoms with Gasteiger partial charge in [0, 0.05) is 12.7 Å². The predicted molar refractivity (Wildman–Crippen MR) is 120 cm³/mol. The zero-order valence-electron chi connectivity index (χ0n) is 17.3. The lowest BCUT2D eigenvalue weighted by atomic mass is 10.0. The van der Waals surface area contributed by atoms with E-state index in [1.807, 2.05) is 61.5 Å². The molecule has 31 heavy (non-hydrogen) atoms. The van der Waals surface area contributed by atoms with E-state index in [0.717, 1.165) is 52.7 Å². The summed E-state index contributed by atoms with van der Waals surface area (Å²) in [6, 6.07) is 17.6. The second-order valence-electron chi connectivity index (χ2n) is 7.17. The first-order chi connectivity index (χ1) is 15.0. The van der Waals surface area contributed by atoms with Crippen LogP contribution in [0.25, 0.3) is 17.5 Å². The number of imide groups is 1. The van der Waals surface area contributed by atoms with Crippen LogP contribution in [0.4, 0.5) is 4.79 Å². The number of carbonyl (C=O) groups is 2. The first-order valence-corrected chi connectivity index (χ1v) is 10.7. The Morgan fingerprint density at radius 1 is 1.13 bits per heavy atom. The maximum absolute atomic E-state index is 11.7. The summed E-state index contributed by atoms with van der Waals surface area (Å²) < 4.78 is 11.6. The van der Waals surface area contributed by atoms with Gasteiger partial charge in [-0.3, -0.25) is 14.9 Å². The lowest BCUT2D eigenvalue weighted by Gasteiger charge is -2.15. The Morgan fingerprint density at radius 2 is 1.87 bits per heavy atom. The fourth-order valence-corrected chi connectivity index (χ4v) is 4.11. The lowest BCUT2D eigenvalue weighted by molar-refractivity contribution is -0.115. The minimum atomic E-state index is -0.355. The van der Waals surface area contributed by atoms with Crippen LogP contribution in [0.1, 0.15) is 35.1 Å². The molecule has 3 aromatic rings. The first kappa shape index (κ1) is 21.1. The van der Waals surface area contributed by atoms with Gasteiger partial charge in [-0.1, -0.05) is 42.5 Å². The number of thioether (sulfide) groups is 1. The molecular formula is C24H22N2O4S. The predicted octanol–water partition coefficient (Wildman–Crippen LogP) is 5.29. The Hall–Kier alpha value is -3.16. The number of ether oxygens (including phenoxy) is 1. The fraction of sp³-hybridized carbons (Fsp3) is 0.208. The van der Waals surface area contributed by atoms with E-state index in [2.05, 4.69) is 10.3 Å². The summed E-state index contributed by atoms with van der Waals surface area (Å²) in [5, 5.41) is 1.92. The summed E-state index contributed by atoms with van der Waals surface area (Å²) in [4.78, 5) is 28.1. The fourth-order valence-electron chi connectivity index (χ4n) is 3.43. The zero-order valence-corrected chi connectivity index (χ0v) is 18.1. The zero-order chi connectivity index (χ0) is 21.8. The van der Waals surface area contributed by atoms with Crippen molar-refractivity contribution in [1.29, 1.82) is 0 Å². The average Bonchev–Trinajstić information content (AvgIpc) is 3.31. The standard InChI is InChI=1S/C24H22N2O4S/c1-15-19(25-23(30-15)18-6-4-3-5-7-18)12-13-20(29-2)17-10-8-16(9-11-17)14-21-22(27)26-24(28)31-21/h3-11,14,20H,12-13H2,1-2H3,(H,26,27,28)/b21-14+/t20-/m0/s1. The third-order valence-corrected chi connectivity index (χ3v) is 5.90. The molecule has 158 valence electrons. The summed E-state index contributed by atoms with van der Waals surface area (Å²) in [6.07, 6.45) is 3.10. The number of oxazole rings is 1. The van der Waals surface area contributed by atoms with Crippen molar-refractivity contribution >= 4 is 29.0 Å². The Balaban J connectivity index is 1.43. The Labute approximate surface area is 184 Å². The average molecular weight is 435 g/mol. The maximum Gasteiger partial charge on any atom is 0.290 e. The number of hydrogen-bond donors (Lipinski definition) is 1. The molecule has 0 spiro atoms. The van der Waals surface area contributed by atoms with Crippen LogP contribution >= 0.6 is 11.8 Å². The van der Waals surface area contributed by atoms with E-state index >= 15 is 0 Å². The molecule has 1 fully saturated rings. The van der Waals surface area contributed by atoms with Gasteiger partial charge in [-0.15, -0.1) is 0 Å². The second kappa shape index (κ2) is 9.32. The topological polar surface area (TPSA) is 81.4 Å². The van der Waals surface area contributed by atoms with E-state index in [1.54, 1.807) is 13.2 Å². The van der Waals surface area contributed by atoms with Crippen molar-refractivity contribution in [3.8, 4) is 11.5 Å². The third-order valence-electron chi connectivity index (χ3n) is 5.09. The van der Waals surface area contributed by atoms with Crippen molar-refractivity contribution in [2.24, 2.45) is 0 Å². The van der Waals surface area contributed by atoms with E-state index in [9.17, 15) is 9.59 Å². The van der Waals surface area contributed by atoms with Crippen molar-refractivity contribution in [1.82, 2.24) is 10.3 Å². The SMILES string of the molecule is CO[C@@H](CCc1nc(-c2ccccc2)oc1C)c1ccc(/C=C2/SC(=O)NC2=O)cc1. The van der Waals surface area contributed by atoms with Crippen LogP contribution in [0.2, 0.25) is 0 Å². The third kappa shape index (κ3) is 4.95. The quantitative estimate of drug-likeness (QED) is 0.509. The molecule has 0 aliphatic carbocycles. The molecule has 1 aliphatic rings. The number of benzene rings is 2. The van der Waals surface area contributed by atoms with Gasteiger partial charge in [0.2, 0.25) is 5.89 Å². The number of amides is 2. The number of carbonyl (C=O) groups excluding carboxylic acids is 2. The van der Waals surface area contributed by atoms with Crippen molar-refractivity contribution in [2.75, 3.05) is 7.11 Å². The summed E-state index contributed by atoms with van der Waals surface area (Å²) in [5.74, 6) is 1.09. The van der Waals surface area contributed by atoms with Crippen molar-refractivity contribution in [3.63, 3.8) is 0 Å². The van der Waals surface area contributed by atoms with Crippen molar-refractivity contribution in [3.05, 3.63) is 82.1 Å². The minimum Gasteiger partial charge on any atom is -0.441 e. The molecule has 2 aromatic carbocycles. The minimum absolute atomic E-state index is 0.0938. The highest BCUT2D eigenvalue weighted by Crippen LogP contribution is 2.28. The van der Waals surface area contributed by atoms with Crippen LogP contribution in [0.5, 0.6) is 0 Å². The van der Waals surface area contributed by atoms with Gasteiger partial charge in [0.1, 0.15) is 5.76 Å². The molecule has 6 nitrogen and oxygen atoms in total. The largest absolute Gasteiger partial charge is 0.441 e. The second-order valence-corrected chi connectivity index (χ2v) is 8.18. The normalized spacial score (nSPS) is 16.0. The molecule has 0 bridgehead atoms. The van der Waals surface area contributed by atoms with Gasteiger partial charge in [-0.25, -0.2) is 4.98 Å². The van der Waals surface area contributed by atoms with Crippen molar-refractivity contribution < 1.29 is 18.7 Å². The van der Waals surface area contributed by atoms with E-state index in [1.165, 1.54) is 0 Å². The molecule has 7 heteroatoms. The molecule has 0 saturated carbocycles. The summed E-state index contributed by atoms with van der Waals surface area (Å²) in [7, 11) is 1.69. The van der Waals surface area contributed by atoms with Gasteiger partial charge >= 0.3 is 0 Å². The number of methoxy groups -OCH3 is 1. The Bertz CT molecular complexity index is 1120. The number of aromatic nitrogens is 1. The van der Waals surface area contributed by atoms with Crippen LogP contribution in [-0.2, 0) is 16.0 Å². The number of rotatable bonds is 7. The lowest BCUT2D eigenvalue weighted by Crippen LogP contribution is -2.17. The molecule has 0 unspecified atom stereocenters. The van der Waals surface area contributed by atoms with Crippen LogP contribution in [0.15, 0.2) is 63.9 Å². The molecular weight excluding hydrogens is 412 g/mol. The number of nitrogens with zero attached hydrogens (tertiary/aromatic N) is 1. The number of hydrogen-bond acceptors (Lipinski definition) is 6. The van der Waals surface area contributed by atoms with Gasteiger partial charge in [0.25, 0.3) is 11.1 Å². The summed E-state index contributed by atoms with van der Waals surface area (Å²) in [6.45, 7) is 1.93. The molecule has 2 heterocycles. The highest BCUT2D eigenvalue weighted by Gasteiger charge is 2.25. The number of aryl methyl sites for hydroxylation is 2. The Kier molecular flexibility index (Phi) is 6.34. The molecule has 1 saturated heterocycles. The highest BCUT2D eigenvalue weighted by molar-refractivity contribution is 8.18. The molecule has 1 aromatic heterocycles.